The van der Waals surface area contributed by atoms with Crippen molar-refractivity contribution in [2.24, 2.45) is 4.99 Å². The molecule has 19 heavy (non-hydrogen) atoms. The molecule has 0 aliphatic heterocycles. The lowest BCUT2D eigenvalue weighted by atomic mass is 10.3. The topological polar surface area (TPSA) is 65.5 Å². The van der Waals surface area contributed by atoms with Gasteiger partial charge in [-0.25, -0.2) is 0 Å². The number of amides is 1. The van der Waals surface area contributed by atoms with Gasteiger partial charge in [-0.3, -0.25) is 9.79 Å². The van der Waals surface area contributed by atoms with E-state index in [9.17, 15) is 4.79 Å². The molecule has 0 unspecified atom stereocenters. The number of aliphatic imine (C=N–C) groups is 1. The van der Waals surface area contributed by atoms with Crippen LogP contribution >= 0.6 is 11.8 Å². The lowest BCUT2D eigenvalue weighted by Gasteiger charge is -2.11. The highest BCUT2D eigenvalue weighted by atomic mass is 32.2. The average molecular weight is 288 g/mol. The Labute approximate surface area is 121 Å². The fourth-order valence-corrected chi connectivity index (χ4v) is 1.94. The number of thioether (sulfide) groups is 1. The van der Waals surface area contributed by atoms with Crippen LogP contribution in [-0.2, 0) is 4.79 Å². The first kappa shape index (κ1) is 18.1. The second-order valence-corrected chi connectivity index (χ2v) is 5.21. The maximum Gasteiger partial charge on any atom is 0.221 e. The van der Waals surface area contributed by atoms with Crippen molar-refractivity contribution in [2.45, 2.75) is 32.6 Å². The molecule has 0 aliphatic rings. The molecular formula is C13H28N4OS. The van der Waals surface area contributed by atoms with Gasteiger partial charge in [-0.2, -0.15) is 11.8 Å². The van der Waals surface area contributed by atoms with E-state index in [1.165, 1.54) is 12.2 Å². The number of guanidine groups is 1. The third kappa shape index (κ3) is 11.9. The van der Waals surface area contributed by atoms with E-state index >= 15 is 0 Å². The summed E-state index contributed by atoms with van der Waals surface area (Å²) in [6.07, 6.45) is 5.92. The van der Waals surface area contributed by atoms with E-state index in [0.29, 0.717) is 13.0 Å². The Morgan fingerprint density at radius 2 is 1.84 bits per heavy atom. The highest BCUT2D eigenvalue weighted by molar-refractivity contribution is 7.98. The van der Waals surface area contributed by atoms with Crippen LogP contribution in [0, 0.1) is 0 Å². The van der Waals surface area contributed by atoms with Gasteiger partial charge in [-0.15, -0.1) is 0 Å². The normalized spacial score (nSPS) is 11.2. The monoisotopic (exact) mass is 288 g/mol. The summed E-state index contributed by atoms with van der Waals surface area (Å²) in [6.45, 7) is 4.32. The van der Waals surface area contributed by atoms with Gasteiger partial charge in [0.15, 0.2) is 5.96 Å². The Morgan fingerprint density at radius 3 is 2.47 bits per heavy atom. The first-order valence-corrected chi connectivity index (χ1v) is 8.34. The minimum Gasteiger partial charge on any atom is -0.356 e. The van der Waals surface area contributed by atoms with Crippen molar-refractivity contribution < 1.29 is 4.79 Å². The van der Waals surface area contributed by atoms with E-state index in [4.69, 9.17) is 0 Å². The van der Waals surface area contributed by atoms with Crippen LogP contribution in [0.1, 0.15) is 32.6 Å². The maximum absolute atomic E-state index is 11.4. The van der Waals surface area contributed by atoms with Crippen LogP contribution in [0.3, 0.4) is 0 Å². The highest BCUT2D eigenvalue weighted by Crippen LogP contribution is 1.97. The Kier molecular flexibility index (Phi) is 12.9. The summed E-state index contributed by atoms with van der Waals surface area (Å²) in [6, 6.07) is 0. The van der Waals surface area contributed by atoms with E-state index < -0.39 is 0 Å². The largest absolute Gasteiger partial charge is 0.356 e. The predicted molar refractivity (Wildman–Crippen MR) is 84.9 cm³/mol. The van der Waals surface area contributed by atoms with Gasteiger partial charge in [0.1, 0.15) is 0 Å². The van der Waals surface area contributed by atoms with E-state index in [1.807, 2.05) is 18.7 Å². The Bertz CT molecular complexity index is 259. The quantitative estimate of drug-likeness (QED) is 0.321. The van der Waals surface area contributed by atoms with Gasteiger partial charge >= 0.3 is 0 Å². The summed E-state index contributed by atoms with van der Waals surface area (Å²) >= 11 is 1.87. The van der Waals surface area contributed by atoms with Crippen molar-refractivity contribution in [3.05, 3.63) is 0 Å². The minimum absolute atomic E-state index is 0.0878. The number of rotatable bonds is 10. The molecular weight excluding hydrogens is 260 g/mol. The van der Waals surface area contributed by atoms with Gasteiger partial charge in [-0.1, -0.05) is 6.92 Å². The van der Waals surface area contributed by atoms with Crippen molar-refractivity contribution in [1.82, 2.24) is 16.0 Å². The fourth-order valence-electron chi connectivity index (χ4n) is 1.45. The van der Waals surface area contributed by atoms with Crippen LogP contribution < -0.4 is 16.0 Å². The van der Waals surface area contributed by atoms with Crippen LogP contribution in [0.15, 0.2) is 4.99 Å². The minimum atomic E-state index is 0.0878. The molecule has 1 amide bonds. The van der Waals surface area contributed by atoms with Gasteiger partial charge in [0.25, 0.3) is 0 Å². The number of hydrogen-bond donors (Lipinski definition) is 3. The first-order chi connectivity index (χ1) is 9.24. The summed E-state index contributed by atoms with van der Waals surface area (Å²) in [5, 5.41) is 9.23. The molecule has 0 aliphatic carbocycles. The number of nitrogens with one attached hydrogen (secondary N) is 3. The standard InChI is InChI=1S/C13H28N4OS/c1-4-8-15-12(18)7-10-17-13(14-2)16-9-5-6-11-19-3/h4-11H2,1-3H3,(H,15,18)(H2,14,16,17). The molecule has 112 valence electrons. The molecule has 0 aromatic rings. The zero-order valence-electron chi connectivity index (χ0n) is 12.4. The summed E-state index contributed by atoms with van der Waals surface area (Å²) in [5.41, 5.74) is 0. The molecule has 0 radical (unpaired) electrons. The van der Waals surface area contributed by atoms with Gasteiger partial charge in [-0.05, 0) is 31.3 Å². The third-order valence-electron chi connectivity index (χ3n) is 2.51. The highest BCUT2D eigenvalue weighted by Gasteiger charge is 2.01. The number of nitrogens with zero attached hydrogens (tertiary/aromatic N) is 1. The van der Waals surface area contributed by atoms with Crippen LogP contribution in [0.4, 0.5) is 0 Å². The average Bonchev–Trinajstić information content (AvgIpc) is 2.42. The summed E-state index contributed by atoms with van der Waals surface area (Å²) < 4.78 is 0. The molecule has 0 bridgehead atoms. The molecule has 0 fully saturated rings. The summed E-state index contributed by atoms with van der Waals surface area (Å²) in [7, 11) is 1.74. The molecule has 0 spiro atoms. The molecule has 0 atom stereocenters. The van der Waals surface area contributed by atoms with E-state index in [1.54, 1.807) is 7.05 Å². The van der Waals surface area contributed by atoms with E-state index in [2.05, 4.69) is 27.2 Å². The Balaban J connectivity index is 3.57. The van der Waals surface area contributed by atoms with Crippen molar-refractivity contribution >= 4 is 23.6 Å². The third-order valence-corrected chi connectivity index (χ3v) is 3.20. The van der Waals surface area contributed by atoms with Crippen LogP contribution in [-0.4, -0.2) is 50.6 Å². The van der Waals surface area contributed by atoms with Crippen molar-refractivity contribution in [3.63, 3.8) is 0 Å². The fraction of sp³-hybridized carbons (Fsp3) is 0.846. The van der Waals surface area contributed by atoms with E-state index in [0.717, 1.165) is 31.9 Å². The van der Waals surface area contributed by atoms with Crippen molar-refractivity contribution in [1.29, 1.82) is 0 Å². The lowest BCUT2D eigenvalue weighted by molar-refractivity contribution is -0.120. The predicted octanol–water partition coefficient (Wildman–Crippen LogP) is 1.21. The SMILES string of the molecule is CCCNC(=O)CCNC(=NC)NCCCCSC. The molecule has 0 rings (SSSR count). The van der Waals surface area contributed by atoms with Gasteiger partial charge < -0.3 is 16.0 Å². The number of carbonyl (C=O) groups is 1. The van der Waals surface area contributed by atoms with Gasteiger partial charge in [0.2, 0.25) is 5.91 Å². The second kappa shape index (κ2) is 13.5. The first-order valence-electron chi connectivity index (χ1n) is 6.94. The maximum atomic E-state index is 11.4. The number of hydrogen-bond acceptors (Lipinski definition) is 3. The molecule has 0 saturated carbocycles. The summed E-state index contributed by atoms with van der Waals surface area (Å²) in [5.74, 6) is 2.06. The van der Waals surface area contributed by atoms with Gasteiger partial charge in [0.05, 0.1) is 0 Å². The van der Waals surface area contributed by atoms with Crippen molar-refractivity contribution in [2.75, 3.05) is 38.7 Å². The van der Waals surface area contributed by atoms with Crippen LogP contribution in [0.25, 0.3) is 0 Å². The van der Waals surface area contributed by atoms with Crippen molar-refractivity contribution in [3.8, 4) is 0 Å². The molecule has 0 heterocycles. The van der Waals surface area contributed by atoms with Crippen LogP contribution in [0.5, 0.6) is 0 Å². The lowest BCUT2D eigenvalue weighted by Crippen LogP contribution is -2.39. The Morgan fingerprint density at radius 1 is 1.11 bits per heavy atom. The molecule has 0 aromatic carbocycles. The number of unbranched alkanes of at least 4 members (excludes halogenated alkanes) is 1. The smallest absolute Gasteiger partial charge is 0.221 e. The molecule has 6 heteroatoms. The van der Waals surface area contributed by atoms with Gasteiger partial charge in [0, 0.05) is 33.1 Å². The van der Waals surface area contributed by atoms with Crippen LogP contribution in [0.2, 0.25) is 0 Å². The second-order valence-electron chi connectivity index (χ2n) is 4.23. The Hall–Kier alpha value is -0.910. The van der Waals surface area contributed by atoms with E-state index in [-0.39, 0.29) is 5.91 Å². The zero-order chi connectivity index (χ0) is 14.3. The summed E-state index contributed by atoms with van der Waals surface area (Å²) in [4.78, 5) is 15.5. The molecule has 0 aromatic heterocycles. The zero-order valence-corrected chi connectivity index (χ0v) is 13.2. The number of carbonyl (C=O) groups excluding carboxylic acids is 1. The molecule has 3 N–H and O–H groups in total. The molecule has 0 saturated heterocycles. The molecule has 5 nitrogen and oxygen atoms in total.